The topological polar surface area (TPSA) is 49.7 Å². The molecule has 0 saturated heterocycles. The van der Waals surface area contributed by atoms with E-state index in [9.17, 15) is 9.59 Å². The lowest BCUT2D eigenvalue weighted by Crippen LogP contribution is -2.25. The van der Waals surface area contributed by atoms with Crippen molar-refractivity contribution in [2.75, 3.05) is 10.7 Å². The van der Waals surface area contributed by atoms with Gasteiger partial charge in [0.15, 0.2) is 5.17 Å². The first-order valence-corrected chi connectivity index (χ1v) is 5.81. The third kappa shape index (κ3) is 2.25. The number of amides is 2. The molecule has 0 spiro atoms. The molecule has 1 aliphatic heterocycles. The number of anilines is 1. The maximum atomic E-state index is 11.0. The molecule has 1 heterocycles. The average molecular weight is 255 g/mol. The summed E-state index contributed by atoms with van der Waals surface area (Å²) in [6.07, 6.45) is 0.633. The van der Waals surface area contributed by atoms with Gasteiger partial charge in [-0.3, -0.25) is 14.5 Å². The molecule has 0 radical (unpaired) electrons. The molecule has 2 amide bonds. The van der Waals surface area contributed by atoms with Crippen LogP contribution < -0.4 is 4.90 Å². The molecule has 4 nitrogen and oxygen atoms in total. The molecular formula is C10H7ClN2O2S. The molecule has 6 heteroatoms. The van der Waals surface area contributed by atoms with Crippen molar-refractivity contribution in [1.29, 1.82) is 0 Å². The Morgan fingerprint density at radius 3 is 2.56 bits per heavy atom. The molecule has 0 unspecified atom stereocenters. The summed E-state index contributed by atoms with van der Waals surface area (Å²) in [7, 11) is 0. The first-order chi connectivity index (χ1) is 7.70. The quantitative estimate of drug-likeness (QED) is 0.758. The van der Waals surface area contributed by atoms with Gasteiger partial charge in [0, 0.05) is 5.02 Å². The molecule has 0 aromatic heterocycles. The molecule has 1 aromatic carbocycles. The number of aliphatic imine (C=N–C) groups is 1. The lowest BCUT2D eigenvalue weighted by molar-refractivity contribution is -0.115. The zero-order valence-corrected chi connectivity index (χ0v) is 9.66. The summed E-state index contributed by atoms with van der Waals surface area (Å²) in [6.45, 7) is 0. The van der Waals surface area contributed by atoms with Crippen molar-refractivity contribution in [3.05, 3.63) is 29.3 Å². The fourth-order valence-corrected chi connectivity index (χ4v) is 2.14. The number of thioether (sulfide) groups is 1. The molecule has 0 fully saturated rings. The molecule has 16 heavy (non-hydrogen) atoms. The summed E-state index contributed by atoms with van der Waals surface area (Å²) in [5, 5.41) is 0.994. The monoisotopic (exact) mass is 254 g/mol. The smallest absolute Gasteiger partial charge is 0.258 e. The number of carbonyl (C=O) groups excluding carboxylic acids is 2. The van der Waals surface area contributed by atoms with Crippen LogP contribution in [-0.4, -0.2) is 23.2 Å². The fourth-order valence-electron chi connectivity index (χ4n) is 1.24. The maximum absolute atomic E-state index is 11.0. The second-order valence-electron chi connectivity index (χ2n) is 3.03. The van der Waals surface area contributed by atoms with Crippen LogP contribution in [-0.2, 0) is 9.59 Å². The second-order valence-corrected chi connectivity index (χ2v) is 4.41. The Morgan fingerprint density at radius 2 is 2.06 bits per heavy atom. The van der Waals surface area contributed by atoms with Crippen LogP contribution in [0.3, 0.4) is 0 Å². The van der Waals surface area contributed by atoms with Gasteiger partial charge in [-0.25, -0.2) is 0 Å². The third-order valence-electron chi connectivity index (χ3n) is 1.96. The molecule has 0 aliphatic carbocycles. The molecule has 2 rings (SSSR count). The predicted molar refractivity (Wildman–Crippen MR) is 64.9 cm³/mol. The van der Waals surface area contributed by atoms with E-state index in [0.717, 1.165) is 0 Å². The van der Waals surface area contributed by atoms with E-state index in [4.69, 9.17) is 11.6 Å². The normalized spacial score (nSPS) is 14.8. The first kappa shape index (κ1) is 11.2. The predicted octanol–water partition coefficient (Wildman–Crippen LogP) is 1.93. The van der Waals surface area contributed by atoms with E-state index in [1.54, 1.807) is 24.3 Å². The third-order valence-corrected chi connectivity index (χ3v) is 3.15. The van der Waals surface area contributed by atoms with E-state index < -0.39 is 0 Å². The number of benzene rings is 1. The number of carbonyl (C=O) groups is 2. The van der Waals surface area contributed by atoms with Gasteiger partial charge >= 0.3 is 0 Å². The highest BCUT2D eigenvalue weighted by Crippen LogP contribution is 2.23. The van der Waals surface area contributed by atoms with Gasteiger partial charge in [0.1, 0.15) is 0 Å². The van der Waals surface area contributed by atoms with E-state index >= 15 is 0 Å². The van der Waals surface area contributed by atoms with Crippen molar-refractivity contribution in [3.8, 4) is 0 Å². The minimum Gasteiger partial charge on any atom is -0.278 e. The molecule has 0 N–H and O–H groups in total. The average Bonchev–Trinajstić information content (AvgIpc) is 2.69. The minimum absolute atomic E-state index is 0.221. The van der Waals surface area contributed by atoms with Crippen LogP contribution in [0.4, 0.5) is 5.69 Å². The highest BCUT2D eigenvalue weighted by Gasteiger charge is 2.21. The molecule has 0 atom stereocenters. The summed E-state index contributed by atoms with van der Waals surface area (Å²) in [5.74, 6) is 0.0635. The van der Waals surface area contributed by atoms with E-state index in [1.807, 2.05) is 0 Å². The van der Waals surface area contributed by atoms with E-state index in [1.165, 1.54) is 16.7 Å². The lowest BCUT2D eigenvalue weighted by atomic mass is 10.3. The standard InChI is InChI=1S/C10H7ClN2O2S/c11-7-1-3-8(4-2-7)13(6-14)10-12-9(15)5-16-10/h1-4,6H,5H2. The van der Waals surface area contributed by atoms with Crippen LogP contribution in [0.5, 0.6) is 0 Å². The summed E-state index contributed by atoms with van der Waals surface area (Å²) in [5.41, 5.74) is 0.639. The molecule has 0 saturated carbocycles. The number of halogens is 1. The molecule has 1 aliphatic rings. The first-order valence-electron chi connectivity index (χ1n) is 4.45. The molecule has 82 valence electrons. The zero-order chi connectivity index (χ0) is 11.5. The maximum Gasteiger partial charge on any atom is 0.258 e. The van der Waals surface area contributed by atoms with Crippen molar-refractivity contribution in [2.45, 2.75) is 0 Å². The van der Waals surface area contributed by atoms with Gasteiger partial charge in [-0.2, -0.15) is 4.99 Å². The second kappa shape index (κ2) is 4.67. The summed E-state index contributed by atoms with van der Waals surface area (Å²) < 4.78 is 0. The van der Waals surface area contributed by atoms with Crippen molar-refractivity contribution < 1.29 is 9.59 Å². The number of amidine groups is 1. The van der Waals surface area contributed by atoms with Crippen molar-refractivity contribution in [2.24, 2.45) is 4.99 Å². The Kier molecular flexibility index (Phi) is 3.26. The zero-order valence-electron chi connectivity index (χ0n) is 8.09. The van der Waals surface area contributed by atoms with Crippen LogP contribution in [0.25, 0.3) is 0 Å². The van der Waals surface area contributed by atoms with E-state index in [0.29, 0.717) is 22.3 Å². The van der Waals surface area contributed by atoms with Gasteiger partial charge < -0.3 is 0 Å². The highest BCUT2D eigenvalue weighted by atomic mass is 35.5. The van der Waals surface area contributed by atoms with Gasteiger partial charge in [0.05, 0.1) is 11.4 Å². The summed E-state index contributed by atoms with van der Waals surface area (Å²) in [4.78, 5) is 27.0. The number of nitrogens with zero attached hydrogens (tertiary/aromatic N) is 2. The van der Waals surface area contributed by atoms with Crippen molar-refractivity contribution in [3.63, 3.8) is 0 Å². The number of hydrogen-bond donors (Lipinski definition) is 0. The van der Waals surface area contributed by atoms with Gasteiger partial charge in [0.25, 0.3) is 5.91 Å². The SMILES string of the molecule is O=CN(C1=NC(=O)CS1)c1ccc(Cl)cc1. The van der Waals surface area contributed by atoms with Crippen LogP contribution in [0.2, 0.25) is 5.02 Å². The summed E-state index contributed by atoms with van der Waals surface area (Å²) in [6, 6.07) is 6.75. The van der Waals surface area contributed by atoms with Crippen molar-refractivity contribution >= 4 is 46.5 Å². The lowest BCUT2D eigenvalue weighted by Gasteiger charge is -2.15. The van der Waals surface area contributed by atoms with Gasteiger partial charge in [-0.05, 0) is 24.3 Å². The van der Waals surface area contributed by atoms with Gasteiger partial charge in [-0.15, -0.1) is 0 Å². The van der Waals surface area contributed by atoms with Gasteiger partial charge in [0.2, 0.25) is 6.41 Å². The fraction of sp³-hybridized carbons (Fsp3) is 0.100. The number of hydrogen-bond acceptors (Lipinski definition) is 3. The Hall–Kier alpha value is -1.33. The van der Waals surface area contributed by atoms with Crippen LogP contribution in [0.1, 0.15) is 0 Å². The Morgan fingerprint density at radius 1 is 1.38 bits per heavy atom. The Labute approximate surface area is 101 Å². The Bertz CT molecular complexity index is 458. The highest BCUT2D eigenvalue weighted by molar-refractivity contribution is 8.15. The van der Waals surface area contributed by atoms with E-state index in [-0.39, 0.29) is 11.7 Å². The van der Waals surface area contributed by atoms with Crippen LogP contribution in [0, 0.1) is 0 Å². The van der Waals surface area contributed by atoms with E-state index in [2.05, 4.69) is 4.99 Å². The largest absolute Gasteiger partial charge is 0.278 e. The van der Waals surface area contributed by atoms with Crippen LogP contribution >= 0.6 is 23.4 Å². The van der Waals surface area contributed by atoms with Crippen molar-refractivity contribution in [1.82, 2.24) is 0 Å². The van der Waals surface area contributed by atoms with Gasteiger partial charge in [-0.1, -0.05) is 23.4 Å². The van der Waals surface area contributed by atoms with Crippen LogP contribution in [0.15, 0.2) is 29.3 Å². The number of rotatable bonds is 2. The molecule has 1 aromatic rings. The Balaban J connectivity index is 2.29. The summed E-state index contributed by atoms with van der Waals surface area (Å²) >= 11 is 6.99. The molecular weight excluding hydrogens is 248 g/mol. The molecule has 0 bridgehead atoms. The minimum atomic E-state index is -0.221.